The fourth-order valence-electron chi connectivity index (χ4n) is 3.33. The maximum Gasteiger partial charge on any atom is 0.112 e. The van der Waals surface area contributed by atoms with Gasteiger partial charge in [0.15, 0.2) is 0 Å². The van der Waals surface area contributed by atoms with Gasteiger partial charge >= 0.3 is 0 Å². The normalized spacial score (nSPS) is 28.0. The average Bonchev–Trinajstić information content (AvgIpc) is 2.84. The first-order chi connectivity index (χ1) is 7.67. The van der Waals surface area contributed by atoms with E-state index in [2.05, 4.69) is 18.8 Å². The van der Waals surface area contributed by atoms with E-state index in [1.807, 2.05) is 0 Å². The smallest absolute Gasteiger partial charge is 0.112 e. The number of nitrogens with one attached hydrogen (secondary N) is 1. The number of aryl methyl sites for hydroxylation is 1. The van der Waals surface area contributed by atoms with Crippen molar-refractivity contribution in [2.75, 3.05) is 0 Å². The first-order valence-electron chi connectivity index (χ1n) is 6.76. The van der Waals surface area contributed by atoms with Crippen LogP contribution in [-0.2, 0) is 18.3 Å². The predicted octanol–water partition coefficient (Wildman–Crippen LogP) is 3.37. The standard InChI is InChI=1S/C14H22N2/c1-10-5-6-11-12(9-10)16-13(15-11)14(2)7-3-4-8-14/h10H,3-9H2,1-2H3,(H,15,16). The van der Waals surface area contributed by atoms with Crippen LogP contribution in [0, 0.1) is 5.92 Å². The van der Waals surface area contributed by atoms with Gasteiger partial charge in [0.05, 0.1) is 5.69 Å². The van der Waals surface area contributed by atoms with Crippen molar-refractivity contribution in [3.8, 4) is 0 Å². The zero-order valence-electron chi connectivity index (χ0n) is 10.5. The van der Waals surface area contributed by atoms with Crippen LogP contribution in [0.4, 0.5) is 0 Å². The number of rotatable bonds is 1. The third-order valence-corrected chi connectivity index (χ3v) is 4.57. The van der Waals surface area contributed by atoms with Gasteiger partial charge in [0.25, 0.3) is 0 Å². The molecule has 0 amide bonds. The van der Waals surface area contributed by atoms with Crippen molar-refractivity contribution in [2.45, 2.75) is 64.2 Å². The summed E-state index contributed by atoms with van der Waals surface area (Å²) in [4.78, 5) is 8.52. The van der Waals surface area contributed by atoms with Crippen molar-refractivity contribution >= 4 is 0 Å². The van der Waals surface area contributed by atoms with Gasteiger partial charge in [0.1, 0.15) is 5.82 Å². The van der Waals surface area contributed by atoms with Crippen molar-refractivity contribution in [1.82, 2.24) is 9.97 Å². The van der Waals surface area contributed by atoms with Crippen molar-refractivity contribution in [3.05, 3.63) is 17.2 Å². The Kier molecular flexibility index (Phi) is 2.34. The molecule has 2 aliphatic carbocycles. The Morgan fingerprint density at radius 3 is 2.81 bits per heavy atom. The van der Waals surface area contributed by atoms with Crippen LogP contribution in [0.15, 0.2) is 0 Å². The van der Waals surface area contributed by atoms with Gasteiger partial charge in [0.2, 0.25) is 0 Å². The highest BCUT2D eigenvalue weighted by atomic mass is 15.0. The molecule has 1 heterocycles. The highest BCUT2D eigenvalue weighted by molar-refractivity contribution is 5.22. The largest absolute Gasteiger partial charge is 0.345 e. The van der Waals surface area contributed by atoms with Crippen LogP contribution in [0.3, 0.4) is 0 Å². The molecule has 0 aliphatic heterocycles. The van der Waals surface area contributed by atoms with Crippen LogP contribution in [-0.4, -0.2) is 9.97 Å². The molecule has 2 heteroatoms. The lowest BCUT2D eigenvalue weighted by Crippen LogP contribution is -2.18. The molecule has 88 valence electrons. The molecular formula is C14H22N2. The summed E-state index contributed by atoms with van der Waals surface area (Å²) in [5, 5.41) is 0. The van der Waals surface area contributed by atoms with E-state index in [1.54, 1.807) is 0 Å². The molecule has 0 aromatic carbocycles. The van der Waals surface area contributed by atoms with Crippen LogP contribution < -0.4 is 0 Å². The zero-order valence-corrected chi connectivity index (χ0v) is 10.5. The first-order valence-corrected chi connectivity index (χ1v) is 6.76. The molecule has 0 spiro atoms. The van der Waals surface area contributed by atoms with Crippen molar-refractivity contribution in [3.63, 3.8) is 0 Å². The lowest BCUT2D eigenvalue weighted by molar-refractivity contribution is 0.462. The van der Waals surface area contributed by atoms with Crippen molar-refractivity contribution < 1.29 is 0 Å². The number of aromatic nitrogens is 2. The lowest BCUT2D eigenvalue weighted by atomic mass is 9.88. The number of fused-ring (bicyclic) bond motifs is 1. The minimum Gasteiger partial charge on any atom is -0.345 e. The van der Waals surface area contributed by atoms with E-state index in [-0.39, 0.29) is 0 Å². The predicted molar refractivity (Wildman–Crippen MR) is 65.6 cm³/mol. The summed E-state index contributed by atoms with van der Waals surface area (Å²) in [6.45, 7) is 4.73. The summed E-state index contributed by atoms with van der Waals surface area (Å²) in [6, 6.07) is 0. The van der Waals surface area contributed by atoms with Gasteiger partial charge < -0.3 is 4.98 Å². The Hall–Kier alpha value is -0.790. The minimum atomic E-state index is 0.348. The van der Waals surface area contributed by atoms with Gasteiger partial charge in [-0.25, -0.2) is 4.98 Å². The van der Waals surface area contributed by atoms with Crippen LogP contribution in [0.1, 0.15) is 63.2 Å². The molecule has 16 heavy (non-hydrogen) atoms. The number of hydrogen-bond acceptors (Lipinski definition) is 1. The van der Waals surface area contributed by atoms with Crippen LogP contribution in [0.5, 0.6) is 0 Å². The molecule has 2 nitrogen and oxygen atoms in total. The molecular weight excluding hydrogens is 196 g/mol. The average molecular weight is 218 g/mol. The molecule has 1 saturated carbocycles. The van der Waals surface area contributed by atoms with Gasteiger partial charge in [-0.2, -0.15) is 0 Å². The fourth-order valence-corrected chi connectivity index (χ4v) is 3.33. The Bertz CT molecular complexity index is 385. The molecule has 1 aromatic heterocycles. The summed E-state index contributed by atoms with van der Waals surface area (Å²) in [6.07, 6.45) is 9.08. The number of aromatic amines is 1. The van der Waals surface area contributed by atoms with E-state index in [0.717, 1.165) is 5.92 Å². The summed E-state index contributed by atoms with van der Waals surface area (Å²) < 4.78 is 0. The fraction of sp³-hybridized carbons (Fsp3) is 0.786. The monoisotopic (exact) mass is 218 g/mol. The Balaban J connectivity index is 1.92. The summed E-state index contributed by atoms with van der Waals surface area (Å²) in [5.41, 5.74) is 3.14. The summed E-state index contributed by atoms with van der Waals surface area (Å²) in [7, 11) is 0. The van der Waals surface area contributed by atoms with E-state index >= 15 is 0 Å². The molecule has 0 bridgehead atoms. The molecule has 1 fully saturated rings. The molecule has 1 aromatic rings. The topological polar surface area (TPSA) is 28.7 Å². The van der Waals surface area contributed by atoms with Gasteiger partial charge in [-0.3, -0.25) is 0 Å². The Labute approximate surface area is 97.9 Å². The van der Waals surface area contributed by atoms with E-state index in [0.29, 0.717) is 5.41 Å². The van der Waals surface area contributed by atoms with Gasteiger partial charge in [-0.1, -0.05) is 26.7 Å². The third-order valence-electron chi connectivity index (χ3n) is 4.57. The number of imidazole rings is 1. The second-order valence-corrected chi connectivity index (χ2v) is 6.13. The van der Waals surface area contributed by atoms with E-state index < -0.39 is 0 Å². The Morgan fingerprint density at radius 2 is 2.06 bits per heavy atom. The quantitative estimate of drug-likeness (QED) is 0.769. The second kappa shape index (κ2) is 3.61. The van der Waals surface area contributed by atoms with E-state index in [1.165, 1.54) is 62.2 Å². The molecule has 1 N–H and O–H groups in total. The number of nitrogens with zero attached hydrogens (tertiary/aromatic N) is 1. The highest BCUT2D eigenvalue weighted by Gasteiger charge is 2.34. The van der Waals surface area contributed by atoms with Gasteiger partial charge in [-0.05, 0) is 38.0 Å². The molecule has 1 unspecified atom stereocenters. The Morgan fingerprint density at radius 1 is 1.31 bits per heavy atom. The van der Waals surface area contributed by atoms with Crippen LogP contribution in [0.25, 0.3) is 0 Å². The third kappa shape index (κ3) is 1.59. The second-order valence-electron chi connectivity index (χ2n) is 6.13. The maximum absolute atomic E-state index is 4.88. The molecule has 0 radical (unpaired) electrons. The lowest BCUT2D eigenvalue weighted by Gasteiger charge is -2.20. The van der Waals surface area contributed by atoms with Crippen LogP contribution >= 0.6 is 0 Å². The SMILES string of the molecule is CC1CCc2nc(C3(C)CCCC3)[nH]c2C1. The number of hydrogen-bond donors (Lipinski definition) is 1. The first kappa shape index (κ1) is 10.4. The van der Waals surface area contributed by atoms with Crippen molar-refractivity contribution in [2.24, 2.45) is 5.92 Å². The van der Waals surface area contributed by atoms with E-state index in [9.17, 15) is 0 Å². The minimum absolute atomic E-state index is 0.348. The van der Waals surface area contributed by atoms with Crippen LogP contribution in [0.2, 0.25) is 0 Å². The van der Waals surface area contributed by atoms with Crippen molar-refractivity contribution in [1.29, 1.82) is 0 Å². The molecule has 1 atom stereocenters. The highest BCUT2D eigenvalue weighted by Crippen LogP contribution is 2.40. The molecule has 0 saturated heterocycles. The van der Waals surface area contributed by atoms with Gasteiger partial charge in [0, 0.05) is 11.1 Å². The number of H-pyrrole nitrogens is 1. The van der Waals surface area contributed by atoms with E-state index in [4.69, 9.17) is 4.98 Å². The molecule has 3 rings (SSSR count). The zero-order chi connectivity index (χ0) is 11.2. The van der Waals surface area contributed by atoms with Gasteiger partial charge in [-0.15, -0.1) is 0 Å². The summed E-state index contributed by atoms with van der Waals surface area (Å²) >= 11 is 0. The molecule has 2 aliphatic rings. The summed E-state index contributed by atoms with van der Waals surface area (Å²) in [5.74, 6) is 2.11. The maximum atomic E-state index is 4.88.